The van der Waals surface area contributed by atoms with Gasteiger partial charge in [-0.2, -0.15) is 5.10 Å². The molecule has 0 aliphatic heterocycles. The molecule has 0 saturated carbocycles. The van der Waals surface area contributed by atoms with E-state index < -0.39 is 5.91 Å². The number of hydrazone groups is 1. The Morgan fingerprint density at radius 1 is 1.35 bits per heavy atom. The molecule has 1 aromatic carbocycles. The highest BCUT2D eigenvalue weighted by Crippen LogP contribution is 2.33. The Labute approximate surface area is 161 Å². The monoisotopic (exact) mass is 430 g/mol. The number of benzene rings is 1. The van der Waals surface area contributed by atoms with E-state index in [-0.39, 0.29) is 11.4 Å². The predicted molar refractivity (Wildman–Crippen MR) is 106 cm³/mol. The first-order valence-electron chi connectivity index (χ1n) is 8.25. The normalized spacial score (nSPS) is 13.9. The number of halogens is 1. The third-order valence-corrected chi connectivity index (χ3v) is 5.95. The largest absolute Gasteiger partial charge is 0.307 e. The minimum Gasteiger partial charge on any atom is -0.302 e. The number of aryl methyl sites for hydroxylation is 2. The highest BCUT2D eigenvalue weighted by atomic mass is 79.9. The van der Waals surface area contributed by atoms with Crippen molar-refractivity contribution in [1.82, 2.24) is 15.4 Å². The van der Waals surface area contributed by atoms with Crippen LogP contribution in [-0.2, 0) is 12.8 Å². The van der Waals surface area contributed by atoms with Crippen molar-refractivity contribution < 1.29 is 4.79 Å². The molecular formula is C18H15BrN4O2S. The molecule has 132 valence electrons. The van der Waals surface area contributed by atoms with Crippen molar-refractivity contribution in [3.8, 4) is 0 Å². The summed E-state index contributed by atoms with van der Waals surface area (Å²) in [5.41, 5.74) is 4.09. The quantitative estimate of drug-likeness (QED) is 0.492. The van der Waals surface area contributed by atoms with Crippen molar-refractivity contribution in [1.29, 1.82) is 0 Å². The second-order valence-electron chi connectivity index (χ2n) is 6.06. The molecule has 0 fully saturated rings. The summed E-state index contributed by atoms with van der Waals surface area (Å²) >= 11 is 4.89. The first-order valence-corrected chi connectivity index (χ1v) is 9.86. The Balaban J connectivity index is 1.58. The van der Waals surface area contributed by atoms with E-state index in [0.717, 1.165) is 41.3 Å². The number of thiophene rings is 1. The van der Waals surface area contributed by atoms with Crippen LogP contribution in [-0.4, -0.2) is 22.1 Å². The van der Waals surface area contributed by atoms with Crippen LogP contribution in [0.25, 0.3) is 10.2 Å². The van der Waals surface area contributed by atoms with Crippen LogP contribution in [0.5, 0.6) is 0 Å². The highest BCUT2D eigenvalue weighted by molar-refractivity contribution is 9.10. The predicted octanol–water partition coefficient (Wildman–Crippen LogP) is 3.39. The molecule has 1 aliphatic rings. The topological polar surface area (TPSA) is 87.2 Å². The van der Waals surface area contributed by atoms with Gasteiger partial charge in [0.2, 0.25) is 5.82 Å². The minimum atomic E-state index is -0.540. The van der Waals surface area contributed by atoms with Gasteiger partial charge in [-0.05, 0) is 48.9 Å². The van der Waals surface area contributed by atoms with E-state index in [0.29, 0.717) is 10.2 Å². The van der Waals surface area contributed by atoms with E-state index in [1.165, 1.54) is 22.4 Å². The summed E-state index contributed by atoms with van der Waals surface area (Å²) in [6, 6.07) is 7.51. The van der Waals surface area contributed by atoms with Crippen molar-refractivity contribution in [3.05, 3.63) is 60.9 Å². The summed E-state index contributed by atoms with van der Waals surface area (Å²) in [6.45, 7) is 0. The lowest BCUT2D eigenvalue weighted by Crippen LogP contribution is -2.24. The van der Waals surface area contributed by atoms with Crippen LogP contribution in [0.15, 0.2) is 38.6 Å². The maximum atomic E-state index is 12.5. The standard InChI is InChI=1S/C18H15BrN4O2S/c19-11-5-3-4-10(8-11)9-20-23-17(25)15-21-16(24)14-12-6-1-2-7-13(12)26-18(14)22-15/h3-5,8-9H,1-2,6-7H2,(H,23,25)(H,21,22,24). The molecule has 0 bridgehead atoms. The molecule has 2 N–H and O–H groups in total. The average Bonchev–Trinajstić information content (AvgIpc) is 3.00. The van der Waals surface area contributed by atoms with E-state index in [4.69, 9.17) is 0 Å². The fourth-order valence-electron chi connectivity index (χ4n) is 3.08. The molecule has 0 atom stereocenters. The van der Waals surface area contributed by atoms with Gasteiger partial charge >= 0.3 is 5.91 Å². The Bertz CT molecular complexity index is 1090. The molecule has 0 spiro atoms. The van der Waals surface area contributed by atoms with Gasteiger partial charge in [-0.15, -0.1) is 11.3 Å². The summed E-state index contributed by atoms with van der Waals surface area (Å²) in [7, 11) is 0. The van der Waals surface area contributed by atoms with Crippen molar-refractivity contribution >= 4 is 49.6 Å². The summed E-state index contributed by atoms with van der Waals surface area (Å²) in [5, 5.41) is 4.57. The van der Waals surface area contributed by atoms with E-state index in [1.807, 2.05) is 24.3 Å². The highest BCUT2D eigenvalue weighted by Gasteiger charge is 2.21. The Hall–Kier alpha value is -2.32. The lowest BCUT2D eigenvalue weighted by Gasteiger charge is -2.09. The molecule has 8 heteroatoms. The number of aromatic nitrogens is 2. The van der Waals surface area contributed by atoms with E-state index in [1.54, 1.807) is 0 Å². The van der Waals surface area contributed by atoms with Gasteiger partial charge in [0, 0.05) is 9.35 Å². The third kappa shape index (κ3) is 3.34. The maximum Gasteiger partial charge on any atom is 0.307 e. The number of carbonyl (C=O) groups is 1. The van der Waals surface area contributed by atoms with Crippen molar-refractivity contribution in [2.75, 3.05) is 0 Å². The van der Waals surface area contributed by atoms with Crippen LogP contribution in [0.2, 0.25) is 0 Å². The number of nitrogens with zero attached hydrogens (tertiary/aromatic N) is 2. The number of hydrogen-bond donors (Lipinski definition) is 2. The van der Waals surface area contributed by atoms with Gasteiger partial charge in [0.15, 0.2) is 0 Å². The van der Waals surface area contributed by atoms with Gasteiger partial charge in [0.05, 0.1) is 11.6 Å². The van der Waals surface area contributed by atoms with Crippen LogP contribution < -0.4 is 11.0 Å². The molecule has 0 saturated heterocycles. The van der Waals surface area contributed by atoms with E-state index in [9.17, 15) is 9.59 Å². The Morgan fingerprint density at radius 3 is 3.04 bits per heavy atom. The van der Waals surface area contributed by atoms with Crippen molar-refractivity contribution in [3.63, 3.8) is 0 Å². The number of hydrogen-bond acceptors (Lipinski definition) is 5. The Morgan fingerprint density at radius 2 is 2.19 bits per heavy atom. The number of fused-ring (bicyclic) bond motifs is 3. The summed E-state index contributed by atoms with van der Waals surface area (Å²) in [5.74, 6) is -0.561. The SMILES string of the molecule is O=C(NN=Cc1cccc(Br)c1)c1nc2sc3c(c2c(=O)[nH]1)CCCC3. The lowest BCUT2D eigenvalue weighted by atomic mass is 9.97. The molecule has 6 nitrogen and oxygen atoms in total. The van der Waals surface area contributed by atoms with Gasteiger partial charge < -0.3 is 4.98 Å². The van der Waals surface area contributed by atoms with Crippen molar-refractivity contribution in [2.45, 2.75) is 25.7 Å². The third-order valence-electron chi connectivity index (χ3n) is 4.27. The number of amides is 1. The molecule has 1 aliphatic carbocycles. The summed E-state index contributed by atoms with van der Waals surface area (Å²) < 4.78 is 0.922. The first kappa shape index (κ1) is 17.1. The molecule has 1 amide bonds. The van der Waals surface area contributed by atoms with Gasteiger partial charge in [-0.3, -0.25) is 9.59 Å². The smallest absolute Gasteiger partial charge is 0.302 e. The van der Waals surface area contributed by atoms with Gasteiger partial charge in [0.25, 0.3) is 5.56 Å². The zero-order chi connectivity index (χ0) is 18.1. The van der Waals surface area contributed by atoms with E-state index in [2.05, 4.69) is 36.4 Å². The second kappa shape index (κ2) is 7.13. The summed E-state index contributed by atoms with van der Waals surface area (Å²) in [6.07, 6.45) is 5.64. The summed E-state index contributed by atoms with van der Waals surface area (Å²) in [4.78, 5) is 33.5. The van der Waals surface area contributed by atoms with Crippen LogP contribution >= 0.6 is 27.3 Å². The fourth-order valence-corrected chi connectivity index (χ4v) is 4.76. The number of carbonyl (C=O) groups excluding carboxylic acids is 1. The first-order chi connectivity index (χ1) is 12.6. The number of aromatic amines is 1. The average molecular weight is 431 g/mol. The minimum absolute atomic E-state index is 0.0208. The molecular weight excluding hydrogens is 416 g/mol. The lowest BCUT2D eigenvalue weighted by molar-refractivity contribution is 0.0945. The van der Waals surface area contributed by atoms with E-state index >= 15 is 0 Å². The molecule has 3 aromatic rings. The van der Waals surface area contributed by atoms with Gasteiger partial charge in [-0.1, -0.05) is 28.1 Å². The molecule has 0 radical (unpaired) electrons. The van der Waals surface area contributed by atoms with Gasteiger partial charge in [0.1, 0.15) is 4.83 Å². The maximum absolute atomic E-state index is 12.5. The van der Waals surface area contributed by atoms with Crippen molar-refractivity contribution in [2.24, 2.45) is 5.10 Å². The molecule has 26 heavy (non-hydrogen) atoms. The molecule has 2 heterocycles. The van der Waals surface area contributed by atoms with Crippen LogP contribution in [0.3, 0.4) is 0 Å². The van der Waals surface area contributed by atoms with Gasteiger partial charge in [-0.25, -0.2) is 10.4 Å². The fraction of sp³-hybridized carbons (Fsp3) is 0.222. The zero-order valence-electron chi connectivity index (χ0n) is 13.7. The zero-order valence-corrected chi connectivity index (χ0v) is 16.1. The van der Waals surface area contributed by atoms with Crippen LogP contribution in [0.1, 0.15) is 39.5 Å². The molecule has 0 unspecified atom stereocenters. The molecule has 4 rings (SSSR count). The number of rotatable bonds is 3. The Kier molecular flexibility index (Phi) is 4.69. The molecule has 2 aromatic heterocycles. The van der Waals surface area contributed by atoms with Crippen LogP contribution in [0, 0.1) is 0 Å². The van der Waals surface area contributed by atoms with Crippen LogP contribution in [0.4, 0.5) is 0 Å². The number of nitrogens with one attached hydrogen (secondary N) is 2. The second-order valence-corrected chi connectivity index (χ2v) is 8.06. The number of H-pyrrole nitrogens is 1.